The van der Waals surface area contributed by atoms with Gasteiger partial charge in [-0.25, -0.2) is 9.98 Å². The van der Waals surface area contributed by atoms with E-state index in [0.29, 0.717) is 0 Å². The van der Waals surface area contributed by atoms with Crippen LogP contribution in [0.2, 0.25) is 0 Å². The van der Waals surface area contributed by atoms with Crippen molar-refractivity contribution in [1.29, 1.82) is 0 Å². The molecule has 4 rings (SSSR count). The Morgan fingerprint density at radius 2 is 0.788 bits per heavy atom. The van der Waals surface area contributed by atoms with Crippen molar-refractivity contribution >= 4 is 83.1 Å². The molecule has 4 aromatic carbocycles. The van der Waals surface area contributed by atoms with Gasteiger partial charge in [-0.3, -0.25) is 0 Å². The van der Waals surface area contributed by atoms with E-state index in [0.717, 1.165) is 42.9 Å². The van der Waals surface area contributed by atoms with E-state index in [9.17, 15) is 0 Å². The van der Waals surface area contributed by atoms with E-state index in [2.05, 4.69) is 84.6 Å². The van der Waals surface area contributed by atoms with Gasteiger partial charge in [0.15, 0.2) is 0 Å². The molecule has 0 aliphatic rings. The van der Waals surface area contributed by atoms with E-state index in [4.69, 9.17) is 9.98 Å². The van der Waals surface area contributed by atoms with Crippen molar-refractivity contribution in [3.05, 3.63) is 129 Å². The maximum atomic E-state index is 5.05. The van der Waals surface area contributed by atoms with Crippen molar-refractivity contribution in [3.8, 4) is 0 Å². The first-order chi connectivity index (χ1) is 16.1. The summed E-state index contributed by atoms with van der Waals surface area (Å²) < 4.78 is 1.87. The average Bonchev–Trinajstić information content (AvgIpc) is 2.85. The number of benzene rings is 4. The standard InChI is InChI=1S/C26H18Br2N2.2BrH.Ni/c27-21-15-7-9-17-23(21)29-25(19-11-3-1-4-12-19)26(20-13-5-2-6-14-20)30-24-18-10-8-16-22(24)28;;;/h1-18H;2*1H;/q;;;+2/p-2. The van der Waals surface area contributed by atoms with Crippen LogP contribution in [0.5, 0.6) is 0 Å². The molecule has 0 radical (unpaired) electrons. The number of rotatable bonds is 5. The summed E-state index contributed by atoms with van der Waals surface area (Å²) >= 11 is 13.3. The van der Waals surface area contributed by atoms with Crippen LogP contribution in [0.15, 0.2) is 128 Å². The molecule has 0 aromatic heterocycles. The predicted molar refractivity (Wildman–Crippen MR) is 151 cm³/mol. The number of halogens is 4. The first kappa shape index (κ1) is 26.2. The third kappa shape index (κ3) is 7.83. The van der Waals surface area contributed by atoms with Crippen molar-refractivity contribution in [2.24, 2.45) is 9.98 Å². The molecule has 170 valence electrons. The van der Waals surface area contributed by atoms with Crippen molar-refractivity contribution in [3.63, 3.8) is 0 Å². The maximum absolute atomic E-state index is 5.05. The van der Waals surface area contributed by atoms with Crippen LogP contribution in [0, 0.1) is 0 Å². The van der Waals surface area contributed by atoms with Gasteiger partial charge in [0.25, 0.3) is 0 Å². The number of hydrogen-bond donors (Lipinski definition) is 0. The summed E-state index contributed by atoms with van der Waals surface area (Å²) in [5.74, 6) is 0. The van der Waals surface area contributed by atoms with Crippen LogP contribution in [-0.2, 0) is 10.9 Å². The molecule has 2 nitrogen and oxygen atoms in total. The molecule has 0 fully saturated rings. The Balaban J connectivity index is 0.000000968. The van der Waals surface area contributed by atoms with E-state index in [1.807, 2.05) is 84.9 Å². The minimum atomic E-state index is 0.810. The van der Waals surface area contributed by atoms with Crippen LogP contribution in [0.4, 0.5) is 11.4 Å². The van der Waals surface area contributed by atoms with Gasteiger partial charge in [-0.15, -0.1) is 0 Å². The second-order valence-corrected chi connectivity index (χ2v) is 13.3. The summed E-state index contributed by atoms with van der Waals surface area (Å²) in [7, 11) is 1.25. The van der Waals surface area contributed by atoms with E-state index in [1.165, 1.54) is 10.9 Å². The van der Waals surface area contributed by atoms with Crippen molar-refractivity contribution in [2.75, 3.05) is 0 Å². The van der Waals surface area contributed by atoms with Crippen LogP contribution in [0.25, 0.3) is 0 Å². The number of aliphatic imine (C=N–C) groups is 2. The molecule has 33 heavy (non-hydrogen) atoms. The zero-order valence-corrected chi connectivity index (χ0v) is 24.4. The second-order valence-electron chi connectivity index (χ2n) is 6.60. The molecule has 7 heteroatoms. The van der Waals surface area contributed by atoms with Crippen molar-refractivity contribution < 1.29 is 10.9 Å². The summed E-state index contributed by atoms with van der Waals surface area (Å²) in [5.41, 5.74) is 5.33. The summed E-state index contributed by atoms with van der Waals surface area (Å²) in [5, 5.41) is 0. The Morgan fingerprint density at radius 1 is 0.485 bits per heavy atom. The summed E-state index contributed by atoms with van der Waals surface area (Å²) in [6.45, 7) is 0. The topological polar surface area (TPSA) is 24.7 Å². The van der Waals surface area contributed by atoms with Crippen LogP contribution in [-0.4, -0.2) is 11.4 Å². The Hall–Kier alpha value is -1.37. The van der Waals surface area contributed by atoms with Gasteiger partial charge in [0.05, 0.1) is 22.8 Å². The third-order valence-electron chi connectivity index (χ3n) is 4.49. The van der Waals surface area contributed by atoms with Gasteiger partial charge in [-0.2, -0.15) is 0 Å². The Bertz CT molecular complexity index is 1130. The summed E-state index contributed by atoms with van der Waals surface area (Å²) in [6.07, 6.45) is 0. The molecule has 0 saturated carbocycles. The van der Waals surface area contributed by atoms with E-state index < -0.39 is 0 Å². The molecular formula is C26H18Br4N2Ni. The van der Waals surface area contributed by atoms with Crippen LogP contribution in [0.1, 0.15) is 11.1 Å². The minimum absolute atomic E-state index is 0.810. The third-order valence-corrected chi connectivity index (χ3v) is 5.83. The van der Waals surface area contributed by atoms with Gasteiger partial charge in [0.2, 0.25) is 0 Å². The van der Waals surface area contributed by atoms with Crippen LogP contribution in [0.3, 0.4) is 0 Å². The summed E-state index contributed by atoms with van der Waals surface area (Å²) in [6, 6.07) is 36.3. The van der Waals surface area contributed by atoms with E-state index in [1.54, 1.807) is 0 Å². The first-order valence-corrected chi connectivity index (χ1v) is 16.2. The molecule has 0 bridgehead atoms. The molecule has 0 aliphatic heterocycles. The van der Waals surface area contributed by atoms with Gasteiger partial charge in [0.1, 0.15) is 0 Å². The SMILES string of the molecule is Brc1ccccc1N=C(C(=Nc1ccccc1Br)c1ccccc1)c1ccccc1.[Br][Ni][Br]. The second kappa shape index (κ2) is 14.1. The molecule has 0 heterocycles. The molecule has 0 amide bonds. The molecule has 0 N–H and O–H groups in total. The van der Waals surface area contributed by atoms with Gasteiger partial charge in [-0.05, 0) is 56.1 Å². The van der Waals surface area contributed by atoms with Crippen LogP contribution < -0.4 is 0 Å². The molecular weight excluding hydrogens is 719 g/mol. The molecule has 0 saturated heterocycles. The van der Waals surface area contributed by atoms with Gasteiger partial charge < -0.3 is 0 Å². The Labute approximate surface area is 231 Å². The normalized spacial score (nSPS) is 11.6. The van der Waals surface area contributed by atoms with E-state index in [-0.39, 0.29) is 0 Å². The molecule has 4 aromatic rings. The van der Waals surface area contributed by atoms with Crippen molar-refractivity contribution in [2.45, 2.75) is 0 Å². The fourth-order valence-corrected chi connectivity index (χ4v) is 3.77. The van der Waals surface area contributed by atoms with Gasteiger partial charge in [0, 0.05) is 20.1 Å². The predicted octanol–water partition coefficient (Wildman–Crippen LogP) is 9.84. The van der Waals surface area contributed by atoms with Gasteiger partial charge in [-0.1, -0.05) is 84.9 Å². The Morgan fingerprint density at radius 3 is 1.12 bits per heavy atom. The number of nitrogens with zero attached hydrogens (tertiary/aromatic N) is 2. The zero-order valence-electron chi connectivity index (χ0n) is 17.1. The zero-order chi connectivity index (χ0) is 23.5. The first-order valence-electron chi connectivity index (χ1n) is 9.74. The van der Waals surface area contributed by atoms with Gasteiger partial charge >= 0.3 is 39.3 Å². The summed E-state index contributed by atoms with van der Waals surface area (Å²) in [4.78, 5) is 10.1. The molecule has 0 spiro atoms. The van der Waals surface area contributed by atoms with Crippen LogP contribution >= 0.6 is 60.3 Å². The molecule has 0 atom stereocenters. The average molecular weight is 737 g/mol. The monoisotopic (exact) mass is 732 g/mol. The molecule has 0 unspecified atom stereocenters. The fourth-order valence-electron chi connectivity index (χ4n) is 3.03. The van der Waals surface area contributed by atoms with Crippen molar-refractivity contribution in [1.82, 2.24) is 0 Å². The number of hydrogen-bond acceptors (Lipinski definition) is 2. The molecule has 0 aliphatic carbocycles. The quantitative estimate of drug-likeness (QED) is 0.144. The van der Waals surface area contributed by atoms with E-state index >= 15 is 0 Å². The fraction of sp³-hybridized carbons (Fsp3) is 0. The number of para-hydroxylation sites is 2. The Kier molecular flexibility index (Phi) is 11.2.